The first-order valence-corrected chi connectivity index (χ1v) is 4.80. The number of aromatic nitrogens is 2. The van der Waals surface area contributed by atoms with Gasteiger partial charge in [-0.05, 0) is 13.3 Å². The first-order chi connectivity index (χ1) is 7.11. The molecule has 2 heterocycles. The number of nitrogens with zero attached hydrogens (tertiary/aromatic N) is 4. The van der Waals surface area contributed by atoms with Crippen molar-refractivity contribution in [1.82, 2.24) is 9.97 Å². The van der Waals surface area contributed by atoms with Crippen molar-refractivity contribution in [2.24, 2.45) is 0 Å². The minimum atomic E-state index is -0.643. The number of aliphatic hydroxyl groups is 1. The molecule has 0 amide bonds. The normalized spacial score (nSPS) is 25.3. The smallest absolute Gasteiger partial charge is 0.158 e. The summed E-state index contributed by atoms with van der Waals surface area (Å²) in [6.07, 6.45) is 3.75. The monoisotopic (exact) mass is 204 g/mol. The summed E-state index contributed by atoms with van der Waals surface area (Å²) in [5, 5.41) is 18.4. The Labute approximate surface area is 88.0 Å². The van der Waals surface area contributed by atoms with Gasteiger partial charge in [0.1, 0.15) is 11.9 Å². The van der Waals surface area contributed by atoms with Gasteiger partial charge in [0.05, 0.1) is 18.0 Å². The lowest BCUT2D eigenvalue weighted by Crippen LogP contribution is -2.30. The number of rotatable bonds is 1. The Bertz CT molecular complexity index is 393. The van der Waals surface area contributed by atoms with Crippen LogP contribution in [0.4, 0.5) is 5.82 Å². The molecule has 0 bridgehead atoms. The second-order valence-electron chi connectivity index (χ2n) is 4.04. The summed E-state index contributed by atoms with van der Waals surface area (Å²) in [4.78, 5) is 10.0. The third kappa shape index (κ3) is 2.05. The highest BCUT2D eigenvalue weighted by atomic mass is 16.3. The molecule has 5 heteroatoms. The zero-order chi connectivity index (χ0) is 10.9. The van der Waals surface area contributed by atoms with Crippen LogP contribution in [-0.4, -0.2) is 33.8 Å². The molecule has 0 spiro atoms. The average Bonchev–Trinajstić information content (AvgIpc) is 2.59. The molecule has 5 nitrogen and oxygen atoms in total. The molecule has 1 aromatic rings. The van der Waals surface area contributed by atoms with Gasteiger partial charge in [0.2, 0.25) is 0 Å². The summed E-state index contributed by atoms with van der Waals surface area (Å²) in [5.41, 5.74) is -0.333. The van der Waals surface area contributed by atoms with E-state index in [1.165, 1.54) is 6.20 Å². The van der Waals surface area contributed by atoms with Gasteiger partial charge in [-0.25, -0.2) is 9.97 Å². The van der Waals surface area contributed by atoms with Gasteiger partial charge in [-0.3, -0.25) is 0 Å². The lowest BCUT2D eigenvalue weighted by atomic mass is 10.1. The van der Waals surface area contributed by atoms with E-state index in [4.69, 9.17) is 5.26 Å². The zero-order valence-electron chi connectivity index (χ0n) is 8.51. The van der Waals surface area contributed by atoms with Crippen LogP contribution in [0.1, 0.15) is 19.0 Å². The summed E-state index contributed by atoms with van der Waals surface area (Å²) in [6.45, 7) is 3.14. The van der Waals surface area contributed by atoms with Crippen LogP contribution in [0.5, 0.6) is 0 Å². The van der Waals surface area contributed by atoms with Gasteiger partial charge in [0.25, 0.3) is 0 Å². The molecule has 0 radical (unpaired) electrons. The quantitative estimate of drug-likeness (QED) is 0.712. The van der Waals surface area contributed by atoms with Crippen molar-refractivity contribution in [3.63, 3.8) is 0 Å². The Morgan fingerprint density at radius 1 is 1.53 bits per heavy atom. The number of anilines is 1. The predicted octanol–water partition coefficient (Wildman–Crippen LogP) is 0.309. The third-order valence-electron chi connectivity index (χ3n) is 2.53. The molecule has 1 unspecified atom stereocenters. The van der Waals surface area contributed by atoms with Crippen molar-refractivity contribution in [2.75, 3.05) is 18.0 Å². The van der Waals surface area contributed by atoms with Gasteiger partial charge in [-0.2, -0.15) is 5.26 Å². The van der Waals surface area contributed by atoms with Gasteiger partial charge in [-0.15, -0.1) is 0 Å². The van der Waals surface area contributed by atoms with E-state index in [9.17, 15) is 5.11 Å². The molecule has 1 saturated heterocycles. The maximum absolute atomic E-state index is 9.78. The summed E-state index contributed by atoms with van der Waals surface area (Å²) < 4.78 is 0. The van der Waals surface area contributed by atoms with E-state index in [1.807, 2.05) is 17.9 Å². The second-order valence-corrected chi connectivity index (χ2v) is 4.04. The predicted molar refractivity (Wildman–Crippen MR) is 54.2 cm³/mol. The molecule has 1 fully saturated rings. The minimum absolute atomic E-state index is 0.310. The van der Waals surface area contributed by atoms with E-state index in [1.54, 1.807) is 6.20 Å². The number of β-amino-alcohol motifs (C(OH)–C–C–N with tert-alkyl or cyclic N) is 1. The van der Waals surface area contributed by atoms with Gasteiger partial charge in [-0.1, -0.05) is 0 Å². The van der Waals surface area contributed by atoms with E-state index in [2.05, 4.69) is 9.97 Å². The van der Waals surface area contributed by atoms with Crippen LogP contribution in [0.25, 0.3) is 0 Å². The molecular weight excluding hydrogens is 192 g/mol. The Balaban J connectivity index is 2.15. The minimum Gasteiger partial charge on any atom is -0.388 e. The second kappa shape index (κ2) is 3.48. The molecular formula is C10H12N4O. The van der Waals surface area contributed by atoms with Crippen molar-refractivity contribution in [3.8, 4) is 6.07 Å². The molecule has 2 rings (SSSR count). The summed E-state index contributed by atoms with van der Waals surface area (Å²) >= 11 is 0. The number of hydrogen-bond donors (Lipinski definition) is 1. The maximum Gasteiger partial charge on any atom is 0.158 e. The SMILES string of the molecule is CC1(O)CCN(c2cnc(C#N)cn2)C1. The highest BCUT2D eigenvalue weighted by Crippen LogP contribution is 2.24. The van der Waals surface area contributed by atoms with E-state index >= 15 is 0 Å². The molecule has 1 N–H and O–H groups in total. The first kappa shape index (κ1) is 9.87. The van der Waals surface area contributed by atoms with E-state index in [-0.39, 0.29) is 0 Å². The van der Waals surface area contributed by atoms with Gasteiger partial charge >= 0.3 is 0 Å². The molecule has 0 saturated carbocycles. The van der Waals surface area contributed by atoms with Crippen molar-refractivity contribution in [2.45, 2.75) is 18.9 Å². The van der Waals surface area contributed by atoms with Crippen molar-refractivity contribution in [1.29, 1.82) is 5.26 Å². The fraction of sp³-hybridized carbons (Fsp3) is 0.500. The fourth-order valence-electron chi connectivity index (χ4n) is 1.68. The molecule has 15 heavy (non-hydrogen) atoms. The standard InChI is InChI=1S/C10H12N4O/c1-10(15)2-3-14(7-10)9-6-12-8(4-11)5-13-9/h5-6,15H,2-3,7H2,1H3. The van der Waals surface area contributed by atoms with E-state index < -0.39 is 5.60 Å². The molecule has 78 valence electrons. The topological polar surface area (TPSA) is 73.0 Å². The highest BCUT2D eigenvalue weighted by molar-refractivity contribution is 5.39. The lowest BCUT2D eigenvalue weighted by molar-refractivity contribution is 0.0839. The van der Waals surface area contributed by atoms with Crippen LogP contribution < -0.4 is 4.90 Å². The zero-order valence-corrected chi connectivity index (χ0v) is 8.51. The number of hydrogen-bond acceptors (Lipinski definition) is 5. The van der Waals surface area contributed by atoms with Crippen LogP contribution in [0, 0.1) is 11.3 Å². The molecule has 1 aromatic heterocycles. The lowest BCUT2D eigenvalue weighted by Gasteiger charge is -2.19. The number of nitriles is 1. The van der Waals surface area contributed by atoms with Gasteiger partial charge in [0, 0.05) is 13.1 Å². The van der Waals surface area contributed by atoms with Gasteiger partial charge in [0.15, 0.2) is 5.69 Å². The molecule has 1 aliphatic rings. The first-order valence-electron chi connectivity index (χ1n) is 4.80. The Kier molecular flexibility index (Phi) is 2.29. The van der Waals surface area contributed by atoms with Crippen LogP contribution >= 0.6 is 0 Å². The summed E-state index contributed by atoms with van der Waals surface area (Å²) in [5.74, 6) is 0.715. The van der Waals surface area contributed by atoms with Crippen molar-refractivity contribution < 1.29 is 5.11 Å². The van der Waals surface area contributed by atoms with Crippen LogP contribution in [-0.2, 0) is 0 Å². The van der Waals surface area contributed by atoms with E-state index in [0.717, 1.165) is 13.0 Å². The van der Waals surface area contributed by atoms with Crippen LogP contribution in [0.3, 0.4) is 0 Å². The maximum atomic E-state index is 9.78. The molecule has 0 aromatic carbocycles. The molecule has 0 aliphatic carbocycles. The van der Waals surface area contributed by atoms with Gasteiger partial charge < -0.3 is 10.0 Å². The average molecular weight is 204 g/mol. The van der Waals surface area contributed by atoms with Crippen molar-refractivity contribution >= 4 is 5.82 Å². The Morgan fingerprint density at radius 2 is 2.33 bits per heavy atom. The molecule has 1 aliphatic heterocycles. The fourth-order valence-corrected chi connectivity index (χ4v) is 1.68. The summed E-state index contributed by atoms with van der Waals surface area (Å²) in [7, 11) is 0. The van der Waals surface area contributed by atoms with Crippen LogP contribution in [0.2, 0.25) is 0 Å². The highest BCUT2D eigenvalue weighted by Gasteiger charge is 2.31. The molecule has 1 atom stereocenters. The Morgan fingerprint density at radius 3 is 2.80 bits per heavy atom. The van der Waals surface area contributed by atoms with Crippen molar-refractivity contribution in [3.05, 3.63) is 18.1 Å². The van der Waals surface area contributed by atoms with Crippen LogP contribution in [0.15, 0.2) is 12.4 Å². The Hall–Kier alpha value is -1.67. The largest absolute Gasteiger partial charge is 0.388 e. The summed E-state index contributed by atoms with van der Waals surface area (Å²) in [6, 6.07) is 1.92. The van der Waals surface area contributed by atoms with E-state index in [0.29, 0.717) is 18.1 Å². The third-order valence-corrected chi connectivity index (χ3v) is 2.53.